The standard InChI is InChI=1S/C21H36N4O3/c1-21(2,3)28-20(26)25-15-10-14-24-19(22-4)23-13-8-9-16-27-17-18-11-6-5-7-12-18/h5-7,11-12H,8-10,13-17H2,1-4H3,(H,25,26)(H2,22,23,24). The summed E-state index contributed by atoms with van der Waals surface area (Å²) in [6.45, 7) is 9.06. The van der Waals surface area contributed by atoms with E-state index in [4.69, 9.17) is 9.47 Å². The first kappa shape index (κ1) is 23.8. The molecule has 0 saturated heterocycles. The summed E-state index contributed by atoms with van der Waals surface area (Å²) in [5.41, 5.74) is 0.729. The van der Waals surface area contributed by atoms with Crippen molar-refractivity contribution in [1.29, 1.82) is 0 Å². The fourth-order valence-electron chi connectivity index (χ4n) is 2.32. The van der Waals surface area contributed by atoms with E-state index in [9.17, 15) is 4.79 Å². The normalized spacial score (nSPS) is 11.8. The average molecular weight is 393 g/mol. The Labute approximate surface area is 169 Å². The Morgan fingerprint density at radius 1 is 0.964 bits per heavy atom. The Bertz CT molecular complexity index is 571. The van der Waals surface area contributed by atoms with E-state index in [0.717, 1.165) is 44.9 Å². The van der Waals surface area contributed by atoms with Crippen LogP contribution in [0.2, 0.25) is 0 Å². The van der Waals surface area contributed by atoms with E-state index >= 15 is 0 Å². The van der Waals surface area contributed by atoms with Crippen molar-refractivity contribution < 1.29 is 14.3 Å². The highest BCUT2D eigenvalue weighted by atomic mass is 16.6. The second-order valence-electron chi connectivity index (χ2n) is 7.45. The first-order chi connectivity index (χ1) is 13.4. The molecule has 3 N–H and O–H groups in total. The highest BCUT2D eigenvalue weighted by Gasteiger charge is 2.15. The number of nitrogens with one attached hydrogen (secondary N) is 3. The van der Waals surface area contributed by atoms with Crippen molar-refractivity contribution in [3.63, 3.8) is 0 Å². The van der Waals surface area contributed by atoms with Gasteiger partial charge in [0.15, 0.2) is 5.96 Å². The van der Waals surface area contributed by atoms with E-state index in [1.807, 2.05) is 39.0 Å². The number of carbonyl (C=O) groups excluding carboxylic acids is 1. The van der Waals surface area contributed by atoms with Crippen molar-refractivity contribution in [1.82, 2.24) is 16.0 Å². The first-order valence-corrected chi connectivity index (χ1v) is 9.94. The predicted octanol–water partition coefficient (Wildman–Crippen LogP) is 3.06. The van der Waals surface area contributed by atoms with Crippen LogP contribution in [0, 0.1) is 0 Å². The summed E-state index contributed by atoms with van der Waals surface area (Å²) in [7, 11) is 1.75. The SMILES string of the molecule is CN=C(NCCCCOCc1ccccc1)NCCCNC(=O)OC(C)(C)C. The van der Waals surface area contributed by atoms with Gasteiger partial charge in [-0.2, -0.15) is 0 Å². The molecule has 7 nitrogen and oxygen atoms in total. The Kier molecular flexibility index (Phi) is 11.7. The summed E-state index contributed by atoms with van der Waals surface area (Å²) < 4.78 is 10.9. The van der Waals surface area contributed by atoms with Crippen molar-refractivity contribution >= 4 is 12.1 Å². The van der Waals surface area contributed by atoms with E-state index in [-0.39, 0.29) is 6.09 Å². The number of amides is 1. The molecule has 1 rings (SSSR count). The zero-order valence-electron chi connectivity index (χ0n) is 17.7. The van der Waals surface area contributed by atoms with Crippen molar-refractivity contribution in [2.45, 2.75) is 52.2 Å². The Balaban J connectivity index is 1.98. The molecular weight excluding hydrogens is 356 g/mol. The lowest BCUT2D eigenvalue weighted by atomic mass is 10.2. The van der Waals surface area contributed by atoms with Crippen LogP contribution in [0.1, 0.15) is 45.6 Å². The fourth-order valence-corrected chi connectivity index (χ4v) is 2.32. The largest absolute Gasteiger partial charge is 0.444 e. The van der Waals surface area contributed by atoms with Gasteiger partial charge in [-0.1, -0.05) is 30.3 Å². The molecule has 0 aliphatic heterocycles. The zero-order valence-corrected chi connectivity index (χ0v) is 17.7. The highest BCUT2D eigenvalue weighted by molar-refractivity contribution is 5.79. The number of nitrogens with zero attached hydrogens (tertiary/aromatic N) is 1. The van der Waals surface area contributed by atoms with E-state index in [1.165, 1.54) is 5.56 Å². The zero-order chi connectivity index (χ0) is 20.7. The van der Waals surface area contributed by atoms with Crippen molar-refractivity contribution in [3.8, 4) is 0 Å². The number of hydrogen-bond acceptors (Lipinski definition) is 4. The van der Waals surface area contributed by atoms with E-state index < -0.39 is 5.60 Å². The van der Waals surface area contributed by atoms with Gasteiger partial charge in [0.1, 0.15) is 5.60 Å². The minimum Gasteiger partial charge on any atom is -0.444 e. The number of hydrogen-bond donors (Lipinski definition) is 3. The van der Waals surface area contributed by atoms with E-state index in [2.05, 4.69) is 33.1 Å². The molecule has 0 aliphatic carbocycles. The smallest absolute Gasteiger partial charge is 0.407 e. The van der Waals surface area contributed by atoms with Crippen LogP contribution in [0.4, 0.5) is 4.79 Å². The second-order valence-corrected chi connectivity index (χ2v) is 7.45. The molecule has 0 aliphatic rings. The number of unbranched alkanes of at least 4 members (excludes halogenated alkanes) is 1. The van der Waals surface area contributed by atoms with Crippen LogP contribution >= 0.6 is 0 Å². The third kappa shape index (κ3) is 13.0. The monoisotopic (exact) mass is 392 g/mol. The van der Waals surface area contributed by atoms with Gasteiger partial charge in [-0.15, -0.1) is 0 Å². The van der Waals surface area contributed by atoms with E-state index in [1.54, 1.807) is 7.05 Å². The molecule has 0 unspecified atom stereocenters. The van der Waals surface area contributed by atoms with E-state index in [0.29, 0.717) is 13.2 Å². The van der Waals surface area contributed by atoms with Gasteiger partial charge in [0.2, 0.25) is 0 Å². The molecule has 0 heterocycles. The van der Waals surface area contributed by atoms with Crippen LogP contribution in [-0.2, 0) is 16.1 Å². The first-order valence-electron chi connectivity index (χ1n) is 9.94. The number of alkyl carbamates (subject to hydrolysis) is 1. The maximum absolute atomic E-state index is 11.5. The number of benzene rings is 1. The second kappa shape index (κ2) is 13.8. The predicted molar refractivity (Wildman–Crippen MR) is 114 cm³/mol. The Hall–Kier alpha value is -2.28. The third-order valence-corrected chi connectivity index (χ3v) is 3.66. The van der Waals surface area contributed by atoms with Gasteiger partial charge >= 0.3 is 6.09 Å². The van der Waals surface area contributed by atoms with Gasteiger partial charge in [0.05, 0.1) is 6.61 Å². The lowest BCUT2D eigenvalue weighted by molar-refractivity contribution is 0.0527. The molecule has 158 valence electrons. The summed E-state index contributed by atoms with van der Waals surface area (Å²) >= 11 is 0. The molecule has 1 amide bonds. The highest BCUT2D eigenvalue weighted by Crippen LogP contribution is 2.06. The molecule has 28 heavy (non-hydrogen) atoms. The van der Waals surface area contributed by atoms with Crippen LogP contribution in [0.15, 0.2) is 35.3 Å². The summed E-state index contributed by atoms with van der Waals surface area (Å²) in [6.07, 6.45) is 2.41. The van der Waals surface area contributed by atoms with Crippen molar-refractivity contribution in [2.24, 2.45) is 4.99 Å². The molecule has 0 radical (unpaired) electrons. The van der Waals surface area contributed by atoms with Gasteiger partial charge in [0.25, 0.3) is 0 Å². The molecular formula is C21H36N4O3. The topological polar surface area (TPSA) is 84.0 Å². The number of aliphatic imine (C=N–C) groups is 1. The molecule has 1 aromatic carbocycles. The molecule has 0 fully saturated rings. The number of ether oxygens (including phenoxy) is 2. The molecule has 0 bridgehead atoms. The van der Waals surface area contributed by atoms with Crippen LogP contribution in [-0.4, -0.2) is 50.9 Å². The summed E-state index contributed by atoms with van der Waals surface area (Å²) in [5, 5.41) is 9.25. The van der Waals surface area contributed by atoms with Gasteiger partial charge in [-0.05, 0) is 45.6 Å². The molecule has 0 spiro atoms. The fraction of sp³-hybridized carbons (Fsp3) is 0.619. The summed E-state index contributed by atoms with van der Waals surface area (Å²) in [5.74, 6) is 0.766. The Morgan fingerprint density at radius 2 is 1.61 bits per heavy atom. The van der Waals surface area contributed by atoms with Crippen LogP contribution < -0.4 is 16.0 Å². The average Bonchev–Trinajstić information content (AvgIpc) is 2.64. The number of carbonyl (C=O) groups is 1. The number of rotatable bonds is 11. The van der Waals surface area contributed by atoms with Crippen LogP contribution in [0.5, 0.6) is 0 Å². The molecule has 0 saturated carbocycles. The molecule has 0 atom stereocenters. The van der Waals surface area contributed by atoms with Crippen LogP contribution in [0.3, 0.4) is 0 Å². The quantitative estimate of drug-likeness (QED) is 0.306. The van der Waals surface area contributed by atoms with Crippen molar-refractivity contribution in [2.75, 3.05) is 33.3 Å². The minimum atomic E-state index is -0.471. The van der Waals surface area contributed by atoms with Gasteiger partial charge in [0, 0.05) is 33.3 Å². The van der Waals surface area contributed by atoms with Gasteiger partial charge < -0.3 is 25.4 Å². The molecule has 7 heteroatoms. The third-order valence-electron chi connectivity index (χ3n) is 3.66. The van der Waals surface area contributed by atoms with Crippen LogP contribution in [0.25, 0.3) is 0 Å². The maximum atomic E-state index is 11.5. The van der Waals surface area contributed by atoms with Gasteiger partial charge in [-0.3, -0.25) is 4.99 Å². The molecule has 1 aromatic rings. The summed E-state index contributed by atoms with van der Waals surface area (Å²) in [4.78, 5) is 15.7. The number of guanidine groups is 1. The van der Waals surface area contributed by atoms with Gasteiger partial charge in [-0.25, -0.2) is 4.79 Å². The lowest BCUT2D eigenvalue weighted by Gasteiger charge is -2.19. The molecule has 0 aromatic heterocycles. The summed E-state index contributed by atoms with van der Waals surface area (Å²) in [6, 6.07) is 10.2. The van der Waals surface area contributed by atoms with Crippen molar-refractivity contribution in [3.05, 3.63) is 35.9 Å². The maximum Gasteiger partial charge on any atom is 0.407 e. The Morgan fingerprint density at radius 3 is 2.25 bits per heavy atom. The minimum absolute atomic E-state index is 0.385. The lowest BCUT2D eigenvalue weighted by Crippen LogP contribution is -2.39.